The molecule has 2 rings (SSSR count). The maximum absolute atomic E-state index is 10.9. The van der Waals surface area contributed by atoms with Crippen molar-refractivity contribution in [2.75, 3.05) is 0 Å². The van der Waals surface area contributed by atoms with Crippen LogP contribution < -0.4 is 5.90 Å². The second-order valence-electron chi connectivity index (χ2n) is 4.40. The summed E-state index contributed by atoms with van der Waals surface area (Å²) in [5.41, 5.74) is 1.83. The number of nitrogens with zero attached hydrogens (tertiary/aromatic N) is 3. The van der Waals surface area contributed by atoms with Gasteiger partial charge in [-0.2, -0.15) is 0 Å². The summed E-state index contributed by atoms with van der Waals surface area (Å²) in [7, 11) is 0. The fraction of sp³-hybridized carbons (Fsp3) is 0.214. The molecule has 110 valence electrons. The predicted molar refractivity (Wildman–Crippen MR) is 75.8 cm³/mol. The number of nitrogens with two attached hydrogens (primary N) is 1. The Morgan fingerprint density at radius 3 is 2.90 bits per heavy atom. The van der Waals surface area contributed by atoms with Crippen molar-refractivity contribution in [2.24, 2.45) is 5.90 Å². The van der Waals surface area contributed by atoms with Crippen LogP contribution in [0.15, 0.2) is 49.3 Å². The van der Waals surface area contributed by atoms with Crippen LogP contribution in [0, 0.1) is 0 Å². The number of aliphatic carboxylic acids is 1. The summed E-state index contributed by atoms with van der Waals surface area (Å²) in [4.78, 5) is 23.5. The maximum Gasteiger partial charge on any atom is 0.335 e. The van der Waals surface area contributed by atoms with Crippen molar-refractivity contribution in [2.45, 2.75) is 19.1 Å². The number of hydrogen-bond donors (Lipinski definition) is 2. The van der Waals surface area contributed by atoms with Crippen molar-refractivity contribution in [3.05, 3.63) is 54.9 Å². The van der Waals surface area contributed by atoms with Gasteiger partial charge in [-0.3, -0.25) is 9.82 Å². The van der Waals surface area contributed by atoms with Crippen LogP contribution in [0.5, 0.6) is 0 Å². The molecule has 0 amide bonds. The van der Waals surface area contributed by atoms with Crippen molar-refractivity contribution in [3.8, 4) is 0 Å². The Morgan fingerprint density at radius 1 is 1.48 bits per heavy atom. The Labute approximate surface area is 121 Å². The zero-order valence-electron chi connectivity index (χ0n) is 11.3. The Morgan fingerprint density at radius 2 is 2.33 bits per heavy atom. The predicted octanol–water partition coefficient (Wildman–Crippen LogP) is 1.10. The number of imidazole rings is 1. The van der Waals surface area contributed by atoms with E-state index in [2.05, 4.69) is 14.8 Å². The monoisotopic (exact) mass is 288 g/mol. The van der Waals surface area contributed by atoms with Gasteiger partial charge in [0.2, 0.25) is 0 Å². The van der Waals surface area contributed by atoms with Gasteiger partial charge in [-0.05, 0) is 17.2 Å². The first-order valence-electron chi connectivity index (χ1n) is 6.34. The highest BCUT2D eigenvalue weighted by atomic mass is 16.6. The zero-order chi connectivity index (χ0) is 15.1. The smallest absolute Gasteiger partial charge is 0.335 e. The highest BCUT2D eigenvalue weighted by Gasteiger charge is 2.16. The first-order chi connectivity index (χ1) is 10.2. The average molecular weight is 288 g/mol. The van der Waals surface area contributed by atoms with Crippen LogP contribution in [0.4, 0.5) is 0 Å². The van der Waals surface area contributed by atoms with Gasteiger partial charge < -0.3 is 9.67 Å². The Bertz CT molecular complexity index is 596. The SMILES string of the molecule is NOC(C/C=C(\Cn1ccnc1)c1cccnc1)C(=O)O. The molecule has 0 fully saturated rings. The quantitative estimate of drug-likeness (QED) is 0.739. The minimum atomic E-state index is -1.10. The normalized spacial score (nSPS) is 13.1. The van der Waals surface area contributed by atoms with Gasteiger partial charge >= 0.3 is 5.97 Å². The highest BCUT2D eigenvalue weighted by Crippen LogP contribution is 2.17. The summed E-state index contributed by atoms with van der Waals surface area (Å²) in [6, 6.07) is 3.74. The third-order valence-corrected chi connectivity index (χ3v) is 2.96. The molecule has 0 aliphatic heterocycles. The van der Waals surface area contributed by atoms with Gasteiger partial charge in [0.05, 0.1) is 6.33 Å². The third kappa shape index (κ3) is 4.23. The standard InChI is InChI=1S/C14H16N4O3/c15-21-13(14(19)20)4-3-12(9-18-7-6-17-10-18)11-2-1-5-16-8-11/h1-3,5-8,10,13H,4,9,15H2,(H,19,20)/b12-3+. The Balaban J connectivity index is 2.21. The van der Waals surface area contributed by atoms with Crippen LogP contribution in [0.2, 0.25) is 0 Å². The summed E-state index contributed by atoms with van der Waals surface area (Å²) in [6.07, 6.45) is 9.51. The molecule has 7 nitrogen and oxygen atoms in total. The van der Waals surface area contributed by atoms with Gasteiger partial charge in [-0.1, -0.05) is 12.1 Å². The van der Waals surface area contributed by atoms with E-state index in [1.54, 1.807) is 31.0 Å². The molecule has 21 heavy (non-hydrogen) atoms. The molecular weight excluding hydrogens is 272 g/mol. The van der Waals surface area contributed by atoms with Gasteiger partial charge in [0.15, 0.2) is 6.10 Å². The summed E-state index contributed by atoms with van der Waals surface area (Å²) in [5, 5.41) is 8.95. The molecule has 1 unspecified atom stereocenters. The average Bonchev–Trinajstić information content (AvgIpc) is 3.00. The highest BCUT2D eigenvalue weighted by molar-refractivity contribution is 5.73. The lowest BCUT2D eigenvalue weighted by molar-refractivity contribution is -0.150. The molecule has 0 aliphatic carbocycles. The minimum absolute atomic E-state index is 0.171. The lowest BCUT2D eigenvalue weighted by Gasteiger charge is -2.11. The summed E-state index contributed by atoms with van der Waals surface area (Å²) in [6.45, 7) is 0.558. The van der Waals surface area contributed by atoms with Gasteiger partial charge in [0.1, 0.15) is 0 Å². The third-order valence-electron chi connectivity index (χ3n) is 2.96. The summed E-state index contributed by atoms with van der Waals surface area (Å²) in [5.74, 6) is 3.90. The zero-order valence-corrected chi connectivity index (χ0v) is 11.3. The number of carboxylic acid groups (broad SMARTS) is 1. The van der Waals surface area contributed by atoms with Crippen LogP contribution >= 0.6 is 0 Å². The summed E-state index contributed by atoms with van der Waals surface area (Å²) < 4.78 is 1.89. The molecule has 2 heterocycles. The molecule has 7 heteroatoms. The van der Waals surface area contributed by atoms with Crippen molar-refractivity contribution >= 4 is 11.5 Å². The fourth-order valence-corrected chi connectivity index (χ4v) is 1.87. The van der Waals surface area contributed by atoms with Crippen molar-refractivity contribution in [3.63, 3.8) is 0 Å². The molecule has 0 saturated heterocycles. The van der Waals surface area contributed by atoms with Crippen LogP contribution in [0.1, 0.15) is 12.0 Å². The van der Waals surface area contributed by atoms with E-state index in [-0.39, 0.29) is 6.42 Å². The first kappa shape index (κ1) is 14.9. The van der Waals surface area contributed by atoms with Gasteiger partial charge in [-0.25, -0.2) is 15.7 Å². The molecule has 0 bridgehead atoms. The molecule has 2 aromatic heterocycles. The second-order valence-corrected chi connectivity index (χ2v) is 4.40. The number of carboxylic acids is 1. The molecule has 0 radical (unpaired) electrons. The molecule has 2 aromatic rings. The number of pyridine rings is 1. The molecule has 0 aliphatic rings. The van der Waals surface area contributed by atoms with Crippen LogP contribution in [-0.2, 0) is 16.2 Å². The van der Waals surface area contributed by atoms with Crippen molar-refractivity contribution in [1.29, 1.82) is 0 Å². The van der Waals surface area contributed by atoms with Crippen molar-refractivity contribution in [1.82, 2.24) is 14.5 Å². The first-order valence-corrected chi connectivity index (χ1v) is 6.34. The second kappa shape index (κ2) is 7.32. The van der Waals surface area contributed by atoms with E-state index in [9.17, 15) is 4.79 Å². The van der Waals surface area contributed by atoms with Gasteiger partial charge in [-0.15, -0.1) is 0 Å². The van der Waals surface area contributed by atoms with Crippen LogP contribution in [0.25, 0.3) is 5.57 Å². The molecule has 0 spiro atoms. The molecule has 3 N–H and O–H groups in total. The van der Waals surface area contributed by atoms with E-state index in [1.165, 1.54) is 0 Å². The van der Waals surface area contributed by atoms with Crippen LogP contribution in [-0.4, -0.2) is 31.7 Å². The van der Waals surface area contributed by atoms with Crippen molar-refractivity contribution < 1.29 is 14.7 Å². The molecule has 0 saturated carbocycles. The van der Waals surface area contributed by atoms with E-state index in [4.69, 9.17) is 11.0 Å². The van der Waals surface area contributed by atoms with E-state index >= 15 is 0 Å². The summed E-state index contributed by atoms with van der Waals surface area (Å²) >= 11 is 0. The minimum Gasteiger partial charge on any atom is -0.479 e. The fourth-order valence-electron chi connectivity index (χ4n) is 1.87. The number of allylic oxidation sites excluding steroid dienone is 1. The number of rotatable bonds is 7. The van der Waals surface area contributed by atoms with Crippen LogP contribution in [0.3, 0.4) is 0 Å². The molecule has 0 aromatic carbocycles. The van der Waals surface area contributed by atoms with E-state index in [0.29, 0.717) is 6.54 Å². The maximum atomic E-state index is 10.9. The number of hydrogen-bond acceptors (Lipinski definition) is 5. The molecular formula is C14H16N4O3. The van der Waals surface area contributed by atoms with E-state index in [0.717, 1.165) is 11.1 Å². The van der Waals surface area contributed by atoms with E-state index in [1.807, 2.05) is 22.9 Å². The lowest BCUT2D eigenvalue weighted by Crippen LogP contribution is -2.26. The number of aromatic nitrogens is 3. The Hall–Kier alpha value is -2.51. The number of carbonyl (C=O) groups is 1. The Kier molecular flexibility index (Phi) is 5.19. The van der Waals surface area contributed by atoms with E-state index < -0.39 is 12.1 Å². The van der Waals surface area contributed by atoms with Gasteiger partial charge in [0, 0.05) is 37.8 Å². The van der Waals surface area contributed by atoms with Gasteiger partial charge in [0.25, 0.3) is 0 Å². The topological polar surface area (TPSA) is 103 Å². The molecule has 1 atom stereocenters. The largest absolute Gasteiger partial charge is 0.479 e. The lowest BCUT2D eigenvalue weighted by atomic mass is 10.1.